The number of nitrogens with one attached hydrogen (secondary N) is 1. The maximum absolute atomic E-state index is 12.2. The van der Waals surface area contributed by atoms with Crippen molar-refractivity contribution >= 4 is 29.5 Å². The summed E-state index contributed by atoms with van der Waals surface area (Å²) in [7, 11) is 0. The van der Waals surface area contributed by atoms with Gasteiger partial charge in [-0.3, -0.25) is 9.59 Å². The van der Waals surface area contributed by atoms with E-state index in [-0.39, 0.29) is 24.7 Å². The fourth-order valence-corrected chi connectivity index (χ4v) is 3.58. The van der Waals surface area contributed by atoms with Gasteiger partial charge in [0.25, 0.3) is 0 Å². The molecule has 1 aromatic heterocycles. The molecule has 2 heterocycles. The first-order valence-corrected chi connectivity index (χ1v) is 9.04. The first-order chi connectivity index (χ1) is 11.7. The van der Waals surface area contributed by atoms with E-state index in [1.165, 1.54) is 0 Å². The minimum absolute atomic E-state index is 0.0795. The molecule has 1 amide bonds. The number of aromatic nitrogens is 2. The van der Waals surface area contributed by atoms with Crippen molar-refractivity contribution in [2.75, 3.05) is 11.9 Å². The molecule has 126 valence electrons. The molecule has 0 aliphatic carbocycles. The van der Waals surface area contributed by atoms with Crippen LogP contribution in [0.15, 0.2) is 30.3 Å². The number of esters is 1. The summed E-state index contributed by atoms with van der Waals surface area (Å²) in [5.41, 5.74) is 2.97. The molecular formula is C17H19N3O3S. The Morgan fingerprint density at radius 3 is 2.79 bits per heavy atom. The summed E-state index contributed by atoms with van der Waals surface area (Å²) in [5, 5.41) is 7.56. The minimum Gasteiger partial charge on any atom is -0.466 e. The highest BCUT2D eigenvalue weighted by atomic mass is 32.2. The van der Waals surface area contributed by atoms with Gasteiger partial charge in [0.1, 0.15) is 5.82 Å². The summed E-state index contributed by atoms with van der Waals surface area (Å²) in [4.78, 5) is 23.6. The fraction of sp³-hybridized carbons (Fsp3) is 0.353. The maximum Gasteiger partial charge on any atom is 0.306 e. The molecule has 0 saturated heterocycles. The predicted molar refractivity (Wildman–Crippen MR) is 93.1 cm³/mol. The number of fused-ring (bicyclic) bond motifs is 1. The van der Waals surface area contributed by atoms with E-state index in [1.54, 1.807) is 23.4 Å². The zero-order valence-corrected chi connectivity index (χ0v) is 14.3. The van der Waals surface area contributed by atoms with Gasteiger partial charge in [-0.25, -0.2) is 4.68 Å². The molecule has 3 rings (SSSR count). The molecule has 0 unspecified atom stereocenters. The number of hydrogen-bond acceptors (Lipinski definition) is 5. The molecule has 1 aromatic carbocycles. The van der Waals surface area contributed by atoms with E-state index in [4.69, 9.17) is 4.74 Å². The lowest BCUT2D eigenvalue weighted by Gasteiger charge is -2.11. The first-order valence-electron chi connectivity index (χ1n) is 7.88. The molecule has 0 fully saturated rings. The Labute approximate surface area is 144 Å². The number of amides is 1. The number of rotatable bonds is 6. The molecule has 2 aromatic rings. The minimum atomic E-state index is -0.356. The van der Waals surface area contributed by atoms with Crippen LogP contribution >= 0.6 is 11.8 Å². The van der Waals surface area contributed by atoms with E-state index >= 15 is 0 Å². The van der Waals surface area contributed by atoms with Crippen molar-refractivity contribution in [3.8, 4) is 5.69 Å². The summed E-state index contributed by atoms with van der Waals surface area (Å²) < 4.78 is 6.63. The molecule has 0 bridgehead atoms. The Morgan fingerprint density at radius 2 is 2.04 bits per heavy atom. The molecule has 0 spiro atoms. The van der Waals surface area contributed by atoms with E-state index in [0.717, 1.165) is 28.5 Å². The van der Waals surface area contributed by atoms with Crippen LogP contribution in [-0.2, 0) is 25.8 Å². The summed E-state index contributed by atoms with van der Waals surface area (Å²) >= 11 is 1.78. The monoisotopic (exact) mass is 345 g/mol. The standard InChI is InChI=1S/C17H19N3O3S/c1-2-23-16(22)9-8-15(21)18-17-13-10-24-11-14(13)19-20(17)12-6-4-3-5-7-12/h3-7H,2,8-11H2,1H3,(H,18,21). The summed E-state index contributed by atoms with van der Waals surface area (Å²) in [6.07, 6.45) is 0.177. The van der Waals surface area contributed by atoms with Crippen LogP contribution in [0.2, 0.25) is 0 Å². The van der Waals surface area contributed by atoms with E-state index in [9.17, 15) is 9.59 Å². The topological polar surface area (TPSA) is 73.2 Å². The Kier molecular flexibility index (Phi) is 5.20. The average molecular weight is 345 g/mol. The SMILES string of the molecule is CCOC(=O)CCC(=O)Nc1c2c(nn1-c1ccccc1)CSC2. The van der Waals surface area contributed by atoms with Crippen LogP contribution in [0.4, 0.5) is 5.82 Å². The van der Waals surface area contributed by atoms with Gasteiger partial charge in [0.05, 0.1) is 24.4 Å². The molecule has 1 N–H and O–H groups in total. The normalized spacial score (nSPS) is 12.7. The van der Waals surface area contributed by atoms with Crippen LogP contribution in [-0.4, -0.2) is 28.3 Å². The number of ether oxygens (including phenoxy) is 1. The first kappa shape index (κ1) is 16.6. The van der Waals surface area contributed by atoms with Crippen molar-refractivity contribution in [2.24, 2.45) is 0 Å². The lowest BCUT2D eigenvalue weighted by molar-refractivity contribution is -0.144. The number of para-hydroxylation sites is 1. The average Bonchev–Trinajstić information content (AvgIpc) is 3.17. The molecule has 0 saturated carbocycles. The van der Waals surface area contributed by atoms with Gasteiger partial charge in [-0.2, -0.15) is 16.9 Å². The summed E-state index contributed by atoms with van der Waals surface area (Å²) in [6, 6.07) is 9.70. The van der Waals surface area contributed by atoms with Crippen LogP contribution in [0.25, 0.3) is 5.69 Å². The number of nitrogens with zero attached hydrogens (tertiary/aromatic N) is 2. The second-order valence-electron chi connectivity index (χ2n) is 5.37. The lowest BCUT2D eigenvalue weighted by Crippen LogP contribution is -2.17. The van der Waals surface area contributed by atoms with E-state index in [1.807, 2.05) is 30.3 Å². The molecule has 1 aliphatic rings. The van der Waals surface area contributed by atoms with Gasteiger partial charge in [0, 0.05) is 23.5 Å². The van der Waals surface area contributed by atoms with Crippen LogP contribution in [0.3, 0.4) is 0 Å². The van der Waals surface area contributed by atoms with Crippen molar-refractivity contribution in [1.82, 2.24) is 9.78 Å². The second kappa shape index (κ2) is 7.53. The molecule has 6 nitrogen and oxygen atoms in total. The van der Waals surface area contributed by atoms with E-state index in [0.29, 0.717) is 12.4 Å². The van der Waals surface area contributed by atoms with Crippen LogP contribution in [0, 0.1) is 0 Å². The molecule has 0 atom stereocenters. The molecule has 0 radical (unpaired) electrons. The van der Waals surface area contributed by atoms with Crippen LogP contribution < -0.4 is 5.32 Å². The van der Waals surface area contributed by atoms with Crippen molar-refractivity contribution in [3.63, 3.8) is 0 Å². The van der Waals surface area contributed by atoms with Crippen molar-refractivity contribution in [1.29, 1.82) is 0 Å². The number of carbonyl (C=O) groups excluding carboxylic acids is 2. The van der Waals surface area contributed by atoms with Gasteiger partial charge in [-0.15, -0.1) is 0 Å². The number of thioether (sulfide) groups is 1. The lowest BCUT2D eigenvalue weighted by atomic mass is 10.2. The third kappa shape index (κ3) is 3.62. The van der Waals surface area contributed by atoms with Gasteiger partial charge >= 0.3 is 5.97 Å². The smallest absolute Gasteiger partial charge is 0.306 e. The molecule has 24 heavy (non-hydrogen) atoms. The summed E-state index contributed by atoms with van der Waals surface area (Å²) in [5.74, 6) is 1.82. The zero-order valence-electron chi connectivity index (χ0n) is 13.4. The Balaban J connectivity index is 1.77. The van der Waals surface area contributed by atoms with Gasteiger partial charge in [0.2, 0.25) is 5.91 Å². The van der Waals surface area contributed by atoms with Gasteiger partial charge in [0.15, 0.2) is 0 Å². The zero-order chi connectivity index (χ0) is 16.9. The van der Waals surface area contributed by atoms with Gasteiger partial charge < -0.3 is 10.1 Å². The number of anilines is 1. The van der Waals surface area contributed by atoms with Gasteiger partial charge in [-0.1, -0.05) is 18.2 Å². The van der Waals surface area contributed by atoms with E-state index < -0.39 is 0 Å². The summed E-state index contributed by atoms with van der Waals surface area (Å²) in [6.45, 7) is 2.07. The highest BCUT2D eigenvalue weighted by Crippen LogP contribution is 2.36. The number of hydrogen-bond donors (Lipinski definition) is 1. The van der Waals surface area contributed by atoms with E-state index in [2.05, 4.69) is 10.4 Å². The van der Waals surface area contributed by atoms with Crippen molar-refractivity contribution in [3.05, 3.63) is 41.6 Å². The molecule has 7 heteroatoms. The van der Waals surface area contributed by atoms with Crippen LogP contribution in [0.1, 0.15) is 31.0 Å². The quantitative estimate of drug-likeness (QED) is 0.815. The number of benzene rings is 1. The molecule has 1 aliphatic heterocycles. The Bertz CT molecular complexity index is 743. The highest BCUT2D eigenvalue weighted by molar-refractivity contribution is 7.98. The second-order valence-corrected chi connectivity index (χ2v) is 6.35. The largest absolute Gasteiger partial charge is 0.466 e. The Morgan fingerprint density at radius 1 is 1.25 bits per heavy atom. The third-order valence-electron chi connectivity index (χ3n) is 3.67. The highest BCUT2D eigenvalue weighted by Gasteiger charge is 2.24. The van der Waals surface area contributed by atoms with Crippen molar-refractivity contribution < 1.29 is 14.3 Å². The molecular weight excluding hydrogens is 326 g/mol. The maximum atomic E-state index is 12.2. The van der Waals surface area contributed by atoms with Crippen LogP contribution in [0.5, 0.6) is 0 Å². The fourth-order valence-electron chi connectivity index (χ4n) is 2.54. The van der Waals surface area contributed by atoms with Gasteiger partial charge in [-0.05, 0) is 19.1 Å². The predicted octanol–water partition coefficient (Wildman–Crippen LogP) is 2.90. The Hall–Kier alpha value is -2.28. The van der Waals surface area contributed by atoms with Crippen molar-refractivity contribution in [2.45, 2.75) is 31.3 Å². The number of carbonyl (C=O) groups is 2. The third-order valence-corrected chi connectivity index (χ3v) is 4.64.